The highest BCUT2D eigenvalue weighted by atomic mass is 35.5. The van der Waals surface area contributed by atoms with Gasteiger partial charge in [-0.15, -0.1) is 4.90 Å². The number of halogens is 2. The van der Waals surface area contributed by atoms with E-state index in [1.807, 2.05) is 0 Å². The minimum absolute atomic E-state index is 0.0411. The molecule has 9 nitrogen and oxygen atoms in total. The molecule has 2 rings (SSSR count). The lowest BCUT2D eigenvalue weighted by molar-refractivity contribution is 0.0427. The lowest BCUT2D eigenvalue weighted by Gasteiger charge is -2.27. The molecule has 0 aliphatic rings. The second kappa shape index (κ2) is 8.93. The molecule has 0 fully saturated rings. The molecule has 0 radical (unpaired) electrons. The summed E-state index contributed by atoms with van der Waals surface area (Å²) < 4.78 is 29.8. The molecular weight excluding hydrogens is 431 g/mol. The third-order valence-electron chi connectivity index (χ3n) is 3.24. The molecule has 168 valence electrons. The summed E-state index contributed by atoms with van der Waals surface area (Å²) >= 11 is 6.07. The summed E-state index contributed by atoms with van der Waals surface area (Å²) in [5.74, 6) is -1.29. The maximum Gasteiger partial charge on any atom is 0.427 e. The molecule has 1 aromatic carbocycles. The Hall–Kier alpha value is -3.14. The van der Waals surface area contributed by atoms with Gasteiger partial charge in [-0.05, 0) is 53.7 Å². The van der Waals surface area contributed by atoms with E-state index in [0.29, 0.717) is 4.90 Å². The van der Waals surface area contributed by atoms with E-state index in [4.69, 9.17) is 31.5 Å². The third-order valence-corrected chi connectivity index (χ3v) is 3.50. The molecule has 31 heavy (non-hydrogen) atoms. The summed E-state index contributed by atoms with van der Waals surface area (Å²) in [4.78, 5) is 33.9. The van der Waals surface area contributed by atoms with Crippen LogP contribution in [0.25, 0.3) is 0 Å². The topological polar surface area (TPSA) is 117 Å². The lowest BCUT2D eigenvalue weighted by atomic mass is 10.2. The van der Waals surface area contributed by atoms with Crippen molar-refractivity contribution >= 4 is 35.4 Å². The zero-order chi connectivity index (χ0) is 23.6. The molecule has 0 bridgehead atoms. The van der Waals surface area contributed by atoms with E-state index in [1.54, 1.807) is 41.5 Å². The van der Waals surface area contributed by atoms with Crippen molar-refractivity contribution in [2.24, 2.45) is 0 Å². The van der Waals surface area contributed by atoms with Crippen LogP contribution in [0.4, 0.5) is 25.6 Å². The molecule has 11 heteroatoms. The summed E-state index contributed by atoms with van der Waals surface area (Å²) in [5, 5.41) is -0.0469. The van der Waals surface area contributed by atoms with Crippen molar-refractivity contribution in [3.8, 4) is 11.6 Å². The van der Waals surface area contributed by atoms with Gasteiger partial charge in [-0.1, -0.05) is 11.6 Å². The maximum atomic E-state index is 13.7. The van der Waals surface area contributed by atoms with Crippen molar-refractivity contribution < 1.29 is 28.2 Å². The fourth-order valence-electron chi connectivity index (χ4n) is 2.06. The molecule has 2 N–H and O–H groups in total. The predicted molar refractivity (Wildman–Crippen MR) is 113 cm³/mol. The highest BCUT2D eigenvalue weighted by Gasteiger charge is 2.35. The Morgan fingerprint density at radius 2 is 1.61 bits per heavy atom. The van der Waals surface area contributed by atoms with Gasteiger partial charge in [0, 0.05) is 6.07 Å². The number of nitrogen functional groups attached to an aromatic ring is 1. The van der Waals surface area contributed by atoms with Gasteiger partial charge >= 0.3 is 12.2 Å². The highest BCUT2D eigenvalue weighted by Crippen LogP contribution is 2.30. The summed E-state index contributed by atoms with van der Waals surface area (Å²) in [6, 6.07) is 3.73. The van der Waals surface area contributed by atoms with E-state index >= 15 is 0 Å². The van der Waals surface area contributed by atoms with Gasteiger partial charge in [0.05, 0.1) is 11.9 Å². The molecular formula is C20H24ClFN4O5. The number of nitrogens with zero attached hydrogens (tertiary/aromatic N) is 3. The second-order valence-electron chi connectivity index (χ2n) is 8.40. The Kier molecular flexibility index (Phi) is 6.95. The minimum Gasteiger partial charge on any atom is -0.443 e. The fraction of sp³-hybridized carbons (Fsp3) is 0.400. The highest BCUT2D eigenvalue weighted by molar-refractivity contribution is 6.31. The first kappa shape index (κ1) is 24.1. The molecule has 1 aromatic heterocycles. The Morgan fingerprint density at radius 3 is 2.10 bits per heavy atom. The van der Waals surface area contributed by atoms with Crippen molar-refractivity contribution in [1.29, 1.82) is 0 Å². The van der Waals surface area contributed by atoms with Gasteiger partial charge in [-0.25, -0.2) is 19.0 Å². The predicted octanol–water partition coefficient (Wildman–Crippen LogP) is 5.32. The van der Waals surface area contributed by atoms with Crippen molar-refractivity contribution in [3.63, 3.8) is 0 Å². The molecule has 2 amide bonds. The number of hydrogen-bond donors (Lipinski definition) is 1. The van der Waals surface area contributed by atoms with E-state index in [1.165, 1.54) is 12.1 Å². The van der Waals surface area contributed by atoms with E-state index in [9.17, 15) is 14.0 Å². The smallest absolute Gasteiger partial charge is 0.427 e. The third kappa shape index (κ3) is 6.95. The molecule has 1 heterocycles. The van der Waals surface area contributed by atoms with Crippen LogP contribution in [0, 0.1) is 5.82 Å². The number of carbonyl (C=O) groups excluding carboxylic acids is 2. The number of rotatable bonds is 3. The van der Waals surface area contributed by atoms with Crippen LogP contribution in [0.5, 0.6) is 11.6 Å². The van der Waals surface area contributed by atoms with Crippen LogP contribution >= 0.6 is 11.6 Å². The molecule has 0 aliphatic heterocycles. The molecule has 0 saturated carbocycles. The Morgan fingerprint density at radius 1 is 1.06 bits per heavy atom. The number of carbonyl (C=O) groups is 2. The van der Waals surface area contributed by atoms with Gasteiger partial charge in [-0.3, -0.25) is 0 Å². The monoisotopic (exact) mass is 454 g/mol. The number of imide groups is 1. The quantitative estimate of drug-likeness (QED) is 0.619. The normalized spacial score (nSPS) is 11.6. The SMILES string of the molecule is CC(C)(C)OC(=O)N(C(=O)OC(C)(C)C)c1ncc(Cl)c(Oc2ccc(N)c(F)c2)n1. The first-order valence-electron chi connectivity index (χ1n) is 9.18. The van der Waals surface area contributed by atoms with Crippen molar-refractivity contribution in [3.05, 3.63) is 35.2 Å². The molecule has 2 aromatic rings. The van der Waals surface area contributed by atoms with Gasteiger partial charge < -0.3 is 19.9 Å². The maximum absolute atomic E-state index is 13.7. The average Bonchev–Trinajstić information content (AvgIpc) is 2.58. The van der Waals surface area contributed by atoms with E-state index in [0.717, 1.165) is 12.3 Å². The summed E-state index contributed by atoms with van der Waals surface area (Å²) in [7, 11) is 0. The first-order chi connectivity index (χ1) is 14.2. The molecule has 0 atom stereocenters. The van der Waals surface area contributed by atoms with Crippen LogP contribution in [-0.2, 0) is 9.47 Å². The number of amides is 2. The zero-order valence-corrected chi connectivity index (χ0v) is 18.8. The van der Waals surface area contributed by atoms with Crippen LogP contribution in [0.15, 0.2) is 24.4 Å². The van der Waals surface area contributed by atoms with Gasteiger partial charge in [0.2, 0.25) is 11.8 Å². The van der Waals surface area contributed by atoms with Crippen molar-refractivity contribution in [1.82, 2.24) is 9.97 Å². The molecule has 0 aliphatic carbocycles. The van der Waals surface area contributed by atoms with E-state index in [2.05, 4.69) is 9.97 Å². The van der Waals surface area contributed by atoms with Gasteiger partial charge in [-0.2, -0.15) is 4.98 Å². The summed E-state index contributed by atoms with van der Waals surface area (Å²) in [6.07, 6.45) is -1.00. The van der Waals surface area contributed by atoms with Crippen LogP contribution in [0.3, 0.4) is 0 Å². The summed E-state index contributed by atoms with van der Waals surface area (Å²) in [5.41, 5.74) is 3.56. The van der Waals surface area contributed by atoms with Crippen LogP contribution in [-0.4, -0.2) is 33.4 Å². The van der Waals surface area contributed by atoms with Gasteiger partial charge in [0.25, 0.3) is 0 Å². The number of anilines is 2. The van der Waals surface area contributed by atoms with Crippen LogP contribution in [0.2, 0.25) is 5.02 Å². The molecule has 0 spiro atoms. The number of hydrogen-bond acceptors (Lipinski definition) is 8. The Balaban J connectivity index is 2.45. The minimum atomic E-state index is -1.06. The first-order valence-corrected chi connectivity index (χ1v) is 9.55. The second-order valence-corrected chi connectivity index (χ2v) is 8.81. The van der Waals surface area contributed by atoms with Gasteiger partial charge in [0.15, 0.2) is 0 Å². The number of aromatic nitrogens is 2. The van der Waals surface area contributed by atoms with E-state index in [-0.39, 0.29) is 22.3 Å². The van der Waals surface area contributed by atoms with E-state index < -0.39 is 35.2 Å². The Labute approximate surface area is 184 Å². The number of ether oxygens (including phenoxy) is 3. The lowest BCUT2D eigenvalue weighted by Crippen LogP contribution is -2.44. The standard InChI is InChI=1S/C20H24ClFN4O5/c1-19(2,3)30-17(27)26(18(28)31-20(4,5)6)16-24-10-12(21)15(25-16)29-11-7-8-14(23)13(22)9-11/h7-10H,23H2,1-6H3. The van der Waals surface area contributed by atoms with Crippen LogP contribution in [0.1, 0.15) is 41.5 Å². The van der Waals surface area contributed by atoms with Crippen molar-refractivity contribution in [2.75, 3.05) is 10.6 Å². The molecule has 0 unspecified atom stereocenters. The zero-order valence-electron chi connectivity index (χ0n) is 18.0. The largest absolute Gasteiger partial charge is 0.443 e. The average molecular weight is 455 g/mol. The Bertz CT molecular complexity index is 961. The van der Waals surface area contributed by atoms with Crippen LogP contribution < -0.4 is 15.4 Å². The molecule has 0 saturated heterocycles. The van der Waals surface area contributed by atoms with Gasteiger partial charge in [0.1, 0.15) is 27.8 Å². The number of benzene rings is 1. The summed E-state index contributed by atoms with van der Waals surface area (Å²) in [6.45, 7) is 9.78. The number of nitrogens with two attached hydrogens (primary N) is 1. The van der Waals surface area contributed by atoms with Crippen molar-refractivity contribution in [2.45, 2.75) is 52.7 Å². The fourth-order valence-corrected chi connectivity index (χ4v) is 2.19.